The standard InChI is InChI=1S/C17H16N4O2/c1-11-8-13(9-14(10-18)16(22)20-17(19)23)12(2)21(11)15-6-4-3-5-7-15/h3-9H,1-2H3,(H3,19,20,22,23)/b14-9+. The number of urea groups is 1. The molecule has 23 heavy (non-hydrogen) atoms. The summed E-state index contributed by atoms with van der Waals surface area (Å²) in [6, 6.07) is 12.4. The summed E-state index contributed by atoms with van der Waals surface area (Å²) >= 11 is 0. The van der Waals surface area contributed by atoms with Crippen LogP contribution in [0.2, 0.25) is 0 Å². The van der Waals surface area contributed by atoms with Crippen LogP contribution in [-0.4, -0.2) is 16.5 Å². The molecule has 0 aliphatic carbocycles. The molecule has 0 bridgehead atoms. The number of para-hydroxylation sites is 1. The first kappa shape index (κ1) is 16.0. The Morgan fingerprint density at radius 3 is 2.48 bits per heavy atom. The summed E-state index contributed by atoms with van der Waals surface area (Å²) in [5.41, 5.74) is 8.28. The number of carbonyl (C=O) groups is 2. The van der Waals surface area contributed by atoms with Crippen LogP contribution in [0.3, 0.4) is 0 Å². The number of amides is 3. The fourth-order valence-electron chi connectivity index (χ4n) is 2.39. The monoisotopic (exact) mass is 308 g/mol. The summed E-state index contributed by atoms with van der Waals surface area (Å²) in [6.45, 7) is 3.83. The summed E-state index contributed by atoms with van der Waals surface area (Å²) in [5.74, 6) is -0.815. The van der Waals surface area contributed by atoms with Gasteiger partial charge in [0.15, 0.2) is 0 Å². The third kappa shape index (κ3) is 3.47. The molecule has 1 aromatic carbocycles. The van der Waals surface area contributed by atoms with Crippen molar-refractivity contribution in [2.24, 2.45) is 5.73 Å². The number of benzene rings is 1. The highest BCUT2D eigenvalue weighted by molar-refractivity contribution is 6.08. The molecule has 0 saturated carbocycles. The minimum atomic E-state index is -0.995. The summed E-state index contributed by atoms with van der Waals surface area (Å²) in [7, 11) is 0. The second kappa shape index (κ2) is 6.62. The normalized spacial score (nSPS) is 10.9. The lowest BCUT2D eigenvalue weighted by atomic mass is 10.1. The van der Waals surface area contributed by atoms with Gasteiger partial charge in [-0.3, -0.25) is 10.1 Å². The minimum Gasteiger partial charge on any atom is -0.351 e. The van der Waals surface area contributed by atoms with Crippen molar-refractivity contribution in [1.82, 2.24) is 9.88 Å². The van der Waals surface area contributed by atoms with E-state index in [0.717, 1.165) is 22.6 Å². The third-order valence-electron chi connectivity index (χ3n) is 3.39. The van der Waals surface area contributed by atoms with Crippen molar-refractivity contribution >= 4 is 18.0 Å². The Kier molecular flexibility index (Phi) is 4.62. The van der Waals surface area contributed by atoms with Gasteiger partial charge in [0.1, 0.15) is 11.6 Å². The van der Waals surface area contributed by atoms with Gasteiger partial charge in [-0.2, -0.15) is 5.26 Å². The van der Waals surface area contributed by atoms with E-state index in [9.17, 15) is 9.59 Å². The van der Waals surface area contributed by atoms with Gasteiger partial charge in [-0.25, -0.2) is 4.79 Å². The van der Waals surface area contributed by atoms with Gasteiger partial charge in [0.25, 0.3) is 5.91 Å². The molecular formula is C17H16N4O2. The zero-order valence-corrected chi connectivity index (χ0v) is 12.8. The first-order chi connectivity index (χ1) is 10.9. The molecule has 0 fully saturated rings. The number of hydrogen-bond acceptors (Lipinski definition) is 3. The van der Waals surface area contributed by atoms with Crippen LogP contribution in [0.5, 0.6) is 0 Å². The number of rotatable bonds is 3. The molecule has 0 aliphatic heterocycles. The van der Waals surface area contributed by atoms with E-state index in [1.165, 1.54) is 6.08 Å². The van der Waals surface area contributed by atoms with E-state index >= 15 is 0 Å². The Hall–Kier alpha value is -3.33. The second-order valence-corrected chi connectivity index (χ2v) is 4.99. The van der Waals surface area contributed by atoms with E-state index < -0.39 is 11.9 Å². The lowest BCUT2D eigenvalue weighted by molar-refractivity contribution is -0.115. The number of nitriles is 1. The van der Waals surface area contributed by atoms with E-state index in [4.69, 9.17) is 11.0 Å². The van der Waals surface area contributed by atoms with Crippen LogP contribution in [0.4, 0.5) is 4.79 Å². The fourth-order valence-corrected chi connectivity index (χ4v) is 2.39. The number of carbonyl (C=O) groups excluding carboxylic acids is 2. The maximum atomic E-state index is 11.8. The van der Waals surface area contributed by atoms with Crippen LogP contribution in [-0.2, 0) is 4.79 Å². The molecule has 3 amide bonds. The zero-order chi connectivity index (χ0) is 17.0. The van der Waals surface area contributed by atoms with E-state index in [0.29, 0.717) is 0 Å². The molecule has 0 unspecified atom stereocenters. The molecule has 2 rings (SSSR count). The Morgan fingerprint density at radius 1 is 1.26 bits per heavy atom. The smallest absolute Gasteiger partial charge is 0.319 e. The molecule has 3 N–H and O–H groups in total. The Labute approximate surface area is 133 Å². The van der Waals surface area contributed by atoms with Gasteiger partial charge in [0.2, 0.25) is 0 Å². The van der Waals surface area contributed by atoms with Crippen LogP contribution >= 0.6 is 0 Å². The van der Waals surface area contributed by atoms with Gasteiger partial charge < -0.3 is 10.3 Å². The Morgan fingerprint density at radius 2 is 1.91 bits per heavy atom. The summed E-state index contributed by atoms with van der Waals surface area (Å²) in [6.07, 6.45) is 1.44. The van der Waals surface area contributed by atoms with Crippen molar-refractivity contribution in [3.05, 3.63) is 58.9 Å². The average molecular weight is 308 g/mol. The van der Waals surface area contributed by atoms with Crippen molar-refractivity contribution in [2.45, 2.75) is 13.8 Å². The van der Waals surface area contributed by atoms with E-state index in [2.05, 4.69) is 0 Å². The predicted octanol–water partition coefficient (Wildman–Crippen LogP) is 2.20. The molecule has 0 radical (unpaired) electrons. The maximum absolute atomic E-state index is 11.8. The summed E-state index contributed by atoms with van der Waals surface area (Å²) in [4.78, 5) is 22.5. The second-order valence-electron chi connectivity index (χ2n) is 4.99. The van der Waals surface area contributed by atoms with Crippen molar-refractivity contribution in [3.63, 3.8) is 0 Å². The lowest BCUT2D eigenvalue weighted by Crippen LogP contribution is -2.35. The number of hydrogen-bond donors (Lipinski definition) is 2. The van der Waals surface area contributed by atoms with Gasteiger partial charge >= 0.3 is 6.03 Å². The van der Waals surface area contributed by atoms with Crippen LogP contribution in [0.15, 0.2) is 42.0 Å². The molecular weight excluding hydrogens is 292 g/mol. The lowest BCUT2D eigenvalue weighted by Gasteiger charge is -2.09. The number of nitrogens with one attached hydrogen (secondary N) is 1. The van der Waals surface area contributed by atoms with Crippen LogP contribution in [0.1, 0.15) is 17.0 Å². The summed E-state index contributed by atoms with van der Waals surface area (Å²) in [5, 5.41) is 11.0. The van der Waals surface area contributed by atoms with Crippen molar-refractivity contribution in [1.29, 1.82) is 5.26 Å². The van der Waals surface area contributed by atoms with Crippen molar-refractivity contribution in [2.75, 3.05) is 0 Å². The number of imide groups is 1. The maximum Gasteiger partial charge on any atom is 0.319 e. The highest BCUT2D eigenvalue weighted by Crippen LogP contribution is 2.22. The molecule has 6 nitrogen and oxygen atoms in total. The molecule has 6 heteroatoms. The molecule has 2 aromatic rings. The largest absolute Gasteiger partial charge is 0.351 e. The van der Waals surface area contributed by atoms with Crippen molar-refractivity contribution in [3.8, 4) is 11.8 Å². The molecule has 1 aromatic heterocycles. The molecule has 116 valence electrons. The predicted molar refractivity (Wildman–Crippen MR) is 86.6 cm³/mol. The third-order valence-corrected chi connectivity index (χ3v) is 3.39. The number of primary amides is 1. The van der Waals surface area contributed by atoms with Gasteiger partial charge in [0, 0.05) is 17.1 Å². The molecule has 0 atom stereocenters. The van der Waals surface area contributed by atoms with E-state index in [1.807, 2.05) is 60.1 Å². The SMILES string of the molecule is Cc1cc(/C=C(\C#N)C(=O)NC(N)=O)c(C)n1-c1ccccc1. The number of nitrogens with zero attached hydrogens (tertiary/aromatic N) is 2. The van der Waals surface area contributed by atoms with E-state index in [-0.39, 0.29) is 5.57 Å². The van der Waals surface area contributed by atoms with E-state index in [1.54, 1.807) is 6.07 Å². The Bertz CT molecular complexity index is 826. The Balaban J connectivity index is 2.46. The minimum absolute atomic E-state index is 0.183. The topological polar surface area (TPSA) is 101 Å². The fraction of sp³-hybridized carbons (Fsp3) is 0.118. The molecule has 0 aliphatic rings. The molecule has 1 heterocycles. The molecule has 0 spiro atoms. The van der Waals surface area contributed by atoms with Gasteiger partial charge in [-0.05, 0) is 43.7 Å². The quantitative estimate of drug-likeness (QED) is 0.671. The highest BCUT2D eigenvalue weighted by atomic mass is 16.2. The number of aryl methyl sites for hydroxylation is 1. The van der Waals surface area contributed by atoms with Gasteiger partial charge in [-0.15, -0.1) is 0 Å². The number of nitrogens with two attached hydrogens (primary N) is 1. The number of aromatic nitrogens is 1. The van der Waals surface area contributed by atoms with Gasteiger partial charge in [-0.1, -0.05) is 18.2 Å². The first-order valence-corrected chi connectivity index (χ1v) is 6.91. The highest BCUT2D eigenvalue weighted by Gasteiger charge is 2.14. The summed E-state index contributed by atoms with van der Waals surface area (Å²) < 4.78 is 2.02. The van der Waals surface area contributed by atoms with Crippen LogP contribution in [0.25, 0.3) is 11.8 Å². The van der Waals surface area contributed by atoms with Crippen LogP contribution in [0, 0.1) is 25.2 Å². The average Bonchev–Trinajstić information content (AvgIpc) is 2.79. The zero-order valence-electron chi connectivity index (χ0n) is 12.8. The van der Waals surface area contributed by atoms with Crippen molar-refractivity contribution < 1.29 is 9.59 Å². The van der Waals surface area contributed by atoms with Gasteiger partial charge in [0.05, 0.1) is 0 Å². The van der Waals surface area contributed by atoms with Crippen LogP contribution < -0.4 is 11.1 Å². The first-order valence-electron chi connectivity index (χ1n) is 6.91. The molecule has 0 saturated heterocycles.